The number of carbonyl (C=O) groups excluding carboxylic acids is 1. The molecule has 0 spiro atoms. The van der Waals surface area contributed by atoms with Gasteiger partial charge < -0.3 is 10.5 Å². The van der Waals surface area contributed by atoms with Crippen LogP contribution in [0.3, 0.4) is 0 Å². The molecule has 1 aromatic heterocycles. The van der Waals surface area contributed by atoms with Crippen LogP contribution in [0.15, 0.2) is 29.7 Å². The van der Waals surface area contributed by atoms with Crippen LogP contribution < -0.4 is 5.73 Å². The van der Waals surface area contributed by atoms with E-state index in [2.05, 4.69) is 4.98 Å². The van der Waals surface area contributed by atoms with Crippen LogP contribution in [0.2, 0.25) is 5.15 Å². The maximum absolute atomic E-state index is 12.8. The van der Waals surface area contributed by atoms with Gasteiger partial charge in [-0.05, 0) is 50.2 Å². The Morgan fingerprint density at radius 1 is 1.43 bits per heavy atom. The summed E-state index contributed by atoms with van der Waals surface area (Å²) in [5.41, 5.74) is 9.38. The zero-order valence-corrected chi connectivity index (χ0v) is 14.2. The average Bonchev–Trinajstić information content (AvgIpc) is 3.33. The molecule has 2 aliphatic carbocycles. The molecule has 1 saturated carbocycles. The van der Waals surface area contributed by atoms with E-state index >= 15 is 0 Å². The summed E-state index contributed by atoms with van der Waals surface area (Å²) in [5, 5.41) is 0.454. The molecule has 23 heavy (non-hydrogen) atoms. The predicted octanol–water partition coefficient (Wildman–Crippen LogP) is 3.57. The van der Waals surface area contributed by atoms with Crippen LogP contribution >= 0.6 is 11.6 Å². The molecule has 0 amide bonds. The first-order valence-electron chi connectivity index (χ1n) is 7.93. The molecule has 3 rings (SSSR count). The Kier molecular flexibility index (Phi) is 4.44. The normalized spacial score (nSPS) is 22.0. The van der Waals surface area contributed by atoms with Gasteiger partial charge in [-0.1, -0.05) is 23.8 Å². The van der Waals surface area contributed by atoms with Gasteiger partial charge in [-0.25, -0.2) is 4.98 Å². The fourth-order valence-corrected chi connectivity index (χ4v) is 3.42. The van der Waals surface area contributed by atoms with Gasteiger partial charge in [0, 0.05) is 17.1 Å². The molecule has 4 nitrogen and oxygen atoms in total. The van der Waals surface area contributed by atoms with Gasteiger partial charge in [-0.2, -0.15) is 0 Å². The molecule has 2 N–H and O–H groups in total. The number of ketones is 1. The first-order chi connectivity index (χ1) is 11.0. The van der Waals surface area contributed by atoms with Gasteiger partial charge in [0.05, 0.1) is 12.8 Å². The van der Waals surface area contributed by atoms with Gasteiger partial charge in [-0.15, -0.1) is 0 Å². The van der Waals surface area contributed by atoms with E-state index in [4.69, 9.17) is 22.1 Å². The van der Waals surface area contributed by atoms with Crippen LogP contribution in [0.4, 0.5) is 0 Å². The minimum absolute atomic E-state index is 0.121. The first kappa shape index (κ1) is 16.1. The lowest BCUT2D eigenvalue weighted by molar-refractivity contribution is 0.0928. The van der Waals surface area contributed by atoms with E-state index in [-0.39, 0.29) is 11.7 Å². The maximum Gasteiger partial charge on any atom is 0.187 e. The fourth-order valence-electron chi connectivity index (χ4n) is 3.16. The quantitative estimate of drug-likeness (QED) is 0.520. The molecule has 1 aromatic rings. The molecule has 1 unspecified atom stereocenters. The number of pyridine rings is 1. The molecule has 122 valence electrons. The number of carbonyl (C=O) groups is 1. The number of nitrogens with zero attached hydrogens (tertiary/aromatic N) is 1. The van der Waals surface area contributed by atoms with Crippen molar-refractivity contribution in [2.75, 3.05) is 7.11 Å². The Hall–Kier alpha value is -1.81. The first-order valence-corrected chi connectivity index (χ1v) is 8.31. The van der Waals surface area contributed by atoms with Crippen LogP contribution in [0.25, 0.3) is 0 Å². The number of rotatable bonds is 4. The third-order valence-corrected chi connectivity index (χ3v) is 4.76. The third kappa shape index (κ3) is 3.27. The number of methoxy groups -OCH3 is 1. The number of hydrogen-bond donors (Lipinski definition) is 1. The van der Waals surface area contributed by atoms with Crippen LogP contribution in [-0.2, 0) is 11.2 Å². The van der Waals surface area contributed by atoms with Gasteiger partial charge in [0.15, 0.2) is 11.7 Å². The van der Waals surface area contributed by atoms with Gasteiger partial charge in [0.1, 0.15) is 5.15 Å². The van der Waals surface area contributed by atoms with Crippen molar-refractivity contribution in [3.05, 3.63) is 51.6 Å². The number of aromatic nitrogens is 1. The number of ether oxygens (including phenoxy) is 1. The molecule has 1 heterocycles. The van der Waals surface area contributed by atoms with Crippen molar-refractivity contribution in [3.8, 4) is 0 Å². The second-order valence-corrected chi connectivity index (χ2v) is 6.64. The highest BCUT2D eigenvalue weighted by Gasteiger charge is 2.30. The van der Waals surface area contributed by atoms with Crippen molar-refractivity contribution in [3.63, 3.8) is 0 Å². The molecule has 1 fully saturated rings. The second-order valence-electron chi connectivity index (χ2n) is 6.25. The number of aryl methyl sites for hydroxylation is 2. The van der Waals surface area contributed by atoms with E-state index in [1.165, 1.54) is 0 Å². The summed E-state index contributed by atoms with van der Waals surface area (Å²) in [6.07, 6.45) is 7.72. The average molecular weight is 333 g/mol. The summed E-state index contributed by atoms with van der Waals surface area (Å²) < 4.78 is 5.17. The lowest BCUT2D eigenvalue weighted by Gasteiger charge is -2.22. The standard InChI is InChI=1S/C18H21ClN2O2/c1-10-9-15(19)21-14-8-6-12(17(22)16(10)14)5-7-13(11-3-4-11)18(20)23-2/h5,7,9,11-12H,3-4,6,8,20H2,1-2H3/b7-5+,18-13-. The molecular weight excluding hydrogens is 312 g/mol. The molecule has 5 heteroatoms. The molecule has 1 atom stereocenters. The molecule has 0 bridgehead atoms. The van der Waals surface area contributed by atoms with E-state index in [1.54, 1.807) is 13.2 Å². The number of nitrogens with two attached hydrogens (primary N) is 1. The third-order valence-electron chi connectivity index (χ3n) is 4.57. The molecule has 0 radical (unpaired) electrons. The van der Waals surface area contributed by atoms with Crippen LogP contribution in [0, 0.1) is 18.8 Å². The van der Waals surface area contributed by atoms with Gasteiger partial charge in [-0.3, -0.25) is 4.79 Å². The van der Waals surface area contributed by atoms with E-state index in [0.717, 1.165) is 48.1 Å². The van der Waals surface area contributed by atoms with Crippen molar-refractivity contribution < 1.29 is 9.53 Å². The summed E-state index contributed by atoms with van der Waals surface area (Å²) in [7, 11) is 1.58. The highest BCUT2D eigenvalue weighted by atomic mass is 35.5. The topological polar surface area (TPSA) is 65.2 Å². The van der Waals surface area contributed by atoms with E-state index in [0.29, 0.717) is 17.0 Å². The molecular formula is C18H21ClN2O2. The highest BCUT2D eigenvalue weighted by molar-refractivity contribution is 6.29. The minimum atomic E-state index is -0.136. The zero-order chi connectivity index (χ0) is 16.6. The molecule has 0 aromatic carbocycles. The number of halogens is 1. The van der Waals surface area contributed by atoms with Gasteiger partial charge in [0.25, 0.3) is 0 Å². The fraction of sp³-hybridized carbons (Fsp3) is 0.444. The Bertz CT molecular complexity index is 705. The number of Topliss-reactive ketones (excluding diaryl/α,β-unsaturated/α-hetero) is 1. The van der Waals surface area contributed by atoms with Crippen molar-refractivity contribution >= 4 is 17.4 Å². The molecule has 0 saturated heterocycles. The number of hydrogen-bond acceptors (Lipinski definition) is 4. The zero-order valence-electron chi connectivity index (χ0n) is 13.4. The monoisotopic (exact) mass is 332 g/mol. The molecule has 0 aliphatic heterocycles. The van der Waals surface area contributed by atoms with Crippen molar-refractivity contribution in [2.45, 2.75) is 32.6 Å². The molecule has 2 aliphatic rings. The van der Waals surface area contributed by atoms with Crippen molar-refractivity contribution in [1.82, 2.24) is 4.98 Å². The van der Waals surface area contributed by atoms with E-state index in [9.17, 15) is 4.79 Å². The van der Waals surface area contributed by atoms with Gasteiger partial charge in [0.2, 0.25) is 0 Å². The lowest BCUT2D eigenvalue weighted by Crippen LogP contribution is -2.23. The SMILES string of the molecule is CO/C(N)=C(/C=C/C1CCc2nc(Cl)cc(C)c2C1=O)C1CC1. The Labute approximate surface area is 141 Å². The smallest absolute Gasteiger partial charge is 0.187 e. The van der Waals surface area contributed by atoms with Crippen LogP contribution in [0.1, 0.15) is 40.9 Å². The summed E-state index contributed by atoms with van der Waals surface area (Å²) in [5.74, 6) is 0.911. The lowest BCUT2D eigenvalue weighted by atomic mass is 9.83. The summed E-state index contributed by atoms with van der Waals surface area (Å²) in [6, 6.07) is 1.75. The van der Waals surface area contributed by atoms with E-state index in [1.807, 2.05) is 19.1 Å². The number of allylic oxidation sites excluding steroid dienone is 3. The largest absolute Gasteiger partial charge is 0.482 e. The Morgan fingerprint density at radius 3 is 2.83 bits per heavy atom. The minimum Gasteiger partial charge on any atom is -0.482 e. The van der Waals surface area contributed by atoms with E-state index < -0.39 is 0 Å². The Balaban J connectivity index is 1.85. The predicted molar refractivity (Wildman–Crippen MR) is 90.2 cm³/mol. The van der Waals surface area contributed by atoms with Crippen molar-refractivity contribution in [1.29, 1.82) is 0 Å². The highest BCUT2D eigenvalue weighted by Crippen LogP contribution is 2.38. The summed E-state index contributed by atoms with van der Waals surface area (Å²) in [4.78, 5) is 17.1. The van der Waals surface area contributed by atoms with Crippen LogP contribution in [-0.4, -0.2) is 17.9 Å². The second kappa shape index (κ2) is 6.36. The van der Waals surface area contributed by atoms with Crippen LogP contribution in [0.5, 0.6) is 0 Å². The Morgan fingerprint density at radius 2 is 2.17 bits per heavy atom. The van der Waals surface area contributed by atoms with Crippen molar-refractivity contribution in [2.24, 2.45) is 17.6 Å². The summed E-state index contributed by atoms with van der Waals surface area (Å²) in [6.45, 7) is 1.91. The van der Waals surface area contributed by atoms with Gasteiger partial charge >= 0.3 is 0 Å². The maximum atomic E-state index is 12.8. The summed E-state index contributed by atoms with van der Waals surface area (Å²) >= 11 is 5.99. The number of fused-ring (bicyclic) bond motifs is 1.